The molecule has 0 atom stereocenters. The molecule has 1 N–H and O–H groups in total. The second-order valence-electron chi connectivity index (χ2n) is 5.97. The highest BCUT2D eigenvalue weighted by atomic mass is 35.5. The van der Waals surface area contributed by atoms with Crippen LogP contribution < -0.4 is 15.0 Å². The average molecular weight is 429 g/mol. The molecule has 0 unspecified atom stereocenters. The maximum atomic E-state index is 11.8. The molecule has 0 radical (unpaired) electrons. The summed E-state index contributed by atoms with van der Waals surface area (Å²) in [5.41, 5.74) is 0.938. The third-order valence-electron chi connectivity index (χ3n) is 4.08. The van der Waals surface area contributed by atoms with E-state index in [1.165, 1.54) is 17.8 Å². The van der Waals surface area contributed by atoms with Crippen molar-refractivity contribution in [1.82, 2.24) is 19.6 Å². The second-order valence-corrected chi connectivity index (χ2v) is 7.44. The maximum absolute atomic E-state index is 11.8. The van der Waals surface area contributed by atoms with Crippen molar-refractivity contribution < 1.29 is 9.47 Å². The number of H-pyrrole nitrogens is 1. The summed E-state index contributed by atoms with van der Waals surface area (Å²) in [7, 11) is 1.60. The minimum atomic E-state index is -0.247. The van der Waals surface area contributed by atoms with Gasteiger partial charge in [0, 0.05) is 17.4 Å². The van der Waals surface area contributed by atoms with Gasteiger partial charge in [0.05, 0.1) is 18.7 Å². The summed E-state index contributed by atoms with van der Waals surface area (Å²) in [5.74, 6) is 2.42. The van der Waals surface area contributed by atoms with E-state index in [1.54, 1.807) is 17.7 Å². The van der Waals surface area contributed by atoms with E-state index in [0.717, 1.165) is 0 Å². The van der Waals surface area contributed by atoms with Crippen molar-refractivity contribution in [2.75, 3.05) is 19.5 Å². The molecule has 0 saturated heterocycles. The number of rotatable bonds is 7. The van der Waals surface area contributed by atoms with Crippen molar-refractivity contribution >= 4 is 29.0 Å². The minimum Gasteiger partial charge on any atom is -0.493 e. The number of ether oxygens (including phenoxy) is 2. The molecule has 2 heterocycles. The van der Waals surface area contributed by atoms with Gasteiger partial charge in [-0.25, -0.2) is 14.5 Å². The average Bonchev–Trinajstić information content (AvgIpc) is 3.12. The molecule has 0 spiro atoms. The number of nitrogens with zero attached hydrogens (tertiary/aromatic N) is 3. The fraction of sp³-hybridized carbons (Fsp3) is 0.150. The fourth-order valence-electron chi connectivity index (χ4n) is 2.77. The molecule has 0 saturated carbocycles. The van der Waals surface area contributed by atoms with Gasteiger partial charge in [0.1, 0.15) is 0 Å². The van der Waals surface area contributed by atoms with E-state index in [4.69, 9.17) is 21.1 Å². The van der Waals surface area contributed by atoms with Gasteiger partial charge >= 0.3 is 0 Å². The zero-order chi connectivity index (χ0) is 20.2. The molecule has 4 aromatic rings. The first-order chi connectivity index (χ1) is 14.2. The Morgan fingerprint density at radius 3 is 2.66 bits per heavy atom. The van der Waals surface area contributed by atoms with E-state index in [2.05, 4.69) is 15.1 Å². The number of para-hydroxylation sites is 2. The minimum absolute atomic E-state index is 0.247. The molecule has 9 heteroatoms. The summed E-state index contributed by atoms with van der Waals surface area (Å²) in [6.07, 6.45) is 0. The predicted octanol–water partition coefficient (Wildman–Crippen LogP) is 3.92. The number of aromatic amines is 1. The number of aromatic nitrogens is 4. The van der Waals surface area contributed by atoms with Gasteiger partial charge in [-0.15, -0.1) is 0 Å². The third-order valence-corrected chi connectivity index (χ3v) is 5.31. The standard InChI is InChI=1S/C20H17ClN4O3S/c1-27-15-8-4-5-9-16(15)28-10-11-29-20-23-19(13-6-2-3-7-14(13)21)22-17-12-18(26)24-25(17)20/h2-9,12H,10-11H2,1H3,(H,24,26). The van der Waals surface area contributed by atoms with E-state index in [-0.39, 0.29) is 5.56 Å². The molecule has 0 aliphatic carbocycles. The van der Waals surface area contributed by atoms with Crippen molar-refractivity contribution in [3.63, 3.8) is 0 Å². The molecule has 2 aromatic heterocycles. The van der Waals surface area contributed by atoms with E-state index in [9.17, 15) is 4.79 Å². The fourth-order valence-corrected chi connectivity index (χ4v) is 3.75. The zero-order valence-corrected chi connectivity index (χ0v) is 17.0. The van der Waals surface area contributed by atoms with Crippen molar-refractivity contribution in [3.05, 3.63) is 70.0 Å². The molecule has 7 nitrogen and oxygen atoms in total. The highest BCUT2D eigenvalue weighted by Crippen LogP contribution is 2.28. The summed E-state index contributed by atoms with van der Waals surface area (Å²) in [4.78, 5) is 20.9. The number of methoxy groups -OCH3 is 1. The maximum Gasteiger partial charge on any atom is 0.266 e. The first-order valence-corrected chi connectivity index (χ1v) is 10.2. The largest absolute Gasteiger partial charge is 0.493 e. The molecule has 148 valence electrons. The topological polar surface area (TPSA) is 81.5 Å². The van der Waals surface area contributed by atoms with Crippen LogP contribution in [-0.4, -0.2) is 39.1 Å². The van der Waals surface area contributed by atoms with Gasteiger partial charge in [0.25, 0.3) is 5.56 Å². The number of thioether (sulfide) groups is 1. The third kappa shape index (κ3) is 4.23. The molecule has 2 aromatic carbocycles. The van der Waals surface area contributed by atoms with Crippen LogP contribution in [0.15, 0.2) is 64.5 Å². The molecule has 0 amide bonds. The van der Waals surface area contributed by atoms with E-state index < -0.39 is 0 Å². The lowest BCUT2D eigenvalue weighted by atomic mass is 10.2. The van der Waals surface area contributed by atoms with Crippen molar-refractivity contribution in [2.45, 2.75) is 5.16 Å². The van der Waals surface area contributed by atoms with Gasteiger partial charge in [-0.3, -0.25) is 9.89 Å². The Morgan fingerprint density at radius 2 is 1.86 bits per heavy atom. The van der Waals surface area contributed by atoms with Crippen LogP contribution in [0.25, 0.3) is 17.0 Å². The van der Waals surface area contributed by atoms with Crippen LogP contribution in [0.2, 0.25) is 5.02 Å². The molecule has 0 fully saturated rings. The Bertz CT molecular complexity index is 1210. The van der Waals surface area contributed by atoms with Crippen molar-refractivity contribution in [2.24, 2.45) is 0 Å². The Balaban J connectivity index is 1.56. The predicted molar refractivity (Wildman–Crippen MR) is 113 cm³/mol. The number of hydrogen-bond donors (Lipinski definition) is 1. The number of nitrogens with one attached hydrogen (secondary N) is 1. The van der Waals surface area contributed by atoms with E-state index in [0.29, 0.717) is 51.1 Å². The molecule has 29 heavy (non-hydrogen) atoms. The molecule has 0 bridgehead atoms. The molecular weight excluding hydrogens is 412 g/mol. The Hall–Kier alpha value is -2.97. The lowest BCUT2D eigenvalue weighted by molar-refractivity contribution is 0.313. The van der Waals surface area contributed by atoms with Crippen LogP contribution in [0, 0.1) is 0 Å². The summed E-state index contributed by atoms with van der Waals surface area (Å²) in [6.45, 7) is 0.434. The van der Waals surface area contributed by atoms with Gasteiger partial charge in [-0.1, -0.05) is 47.6 Å². The second kappa shape index (κ2) is 8.59. The Morgan fingerprint density at radius 1 is 1.10 bits per heavy atom. The zero-order valence-electron chi connectivity index (χ0n) is 15.5. The number of fused-ring (bicyclic) bond motifs is 1. The lowest BCUT2D eigenvalue weighted by Gasteiger charge is -2.11. The molecule has 0 aliphatic heterocycles. The van der Waals surface area contributed by atoms with Gasteiger partial charge in [0.15, 0.2) is 28.1 Å². The first-order valence-electron chi connectivity index (χ1n) is 8.79. The highest BCUT2D eigenvalue weighted by Gasteiger charge is 2.13. The number of halogens is 1. The monoisotopic (exact) mass is 428 g/mol. The summed E-state index contributed by atoms with van der Waals surface area (Å²) >= 11 is 7.74. The van der Waals surface area contributed by atoms with Gasteiger partial charge in [-0.2, -0.15) is 0 Å². The lowest BCUT2D eigenvalue weighted by Crippen LogP contribution is -2.07. The van der Waals surface area contributed by atoms with Gasteiger partial charge in [0.2, 0.25) is 0 Å². The van der Waals surface area contributed by atoms with Crippen LogP contribution in [0.5, 0.6) is 11.5 Å². The smallest absolute Gasteiger partial charge is 0.266 e. The summed E-state index contributed by atoms with van der Waals surface area (Å²) in [6, 6.07) is 16.2. The SMILES string of the molecule is COc1ccccc1OCCSc1nc(-c2ccccc2Cl)nc2cc(=O)[nH]n12. The molecule has 4 rings (SSSR count). The van der Waals surface area contributed by atoms with Gasteiger partial charge in [-0.05, 0) is 24.3 Å². The van der Waals surface area contributed by atoms with Crippen molar-refractivity contribution in [1.29, 1.82) is 0 Å². The molecular formula is C20H17ClN4O3S. The summed E-state index contributed by atoms with van der Waals surface area (Å²) in [5, 5.41) is 3.86. The van der Waals surface area contributed by atoms with E-state index >= 15 is 0 Å². The van der Waals surface area contributed by atoms with Crippen LogP contribution >= 0.6 is 23.4 Å². The quantitative estimate of drug-likeness (QED) is 0.355. The number of benzene rings is 2. The van der Waals surface area contributed by atoms with Crippen LogP contribution in [0.4, 0.5) is 0 Å². The number of hydrogen-bond acceptors (Lipinski definition) is 6. The van der Waals surface area contributed by atoms with E-state index in [1.807, 2.05) is 42.5 Å². The highest BCUT2D eigenvalue weighted by molar-refractivity contribution is 7.99. The Labute approximate surface area is 175 Å². The van der Waals surface area contributed by atoms with Gasteiger partial charge < -0.3 is 9.47 Å². The molecule has 0 aliphatic rings. The van der Waals surface area contributed by atoms with Crippen LogP contribution in [0.3, 0.4) is 0 Å². The first kappa shape index (κ1) is 19.4. The van der Waals surface area contributed by atoms with Crippen molar-refractivity contribution in [3.8, 4) is 22.9 Å². The van der Waals surface area contributed by atoms with Crippen LogP contribution in [-0.2, 0) is 0 Å². The van der Waals surface area contributed by atoms with Crippen LogP contribution in [0.1, 0.15) is 0 Å². The normalized spacial score (nSPS) is 11.0. The Kier molecular flexibility index (Phi) is 5.73. The summed E-state index contributed by atoms with van der Waals surface area (Å²) < 4.78 is 12.7.